The van der Waals surface area contributed by atoms with Crippen LogP contribution in [0.15, 0.2) is 48.8 Å². The molecule has 5 nitrogen and oxygen atoms in total. The van der Waals surface area contributed by atoms with Gasteiger partial charge in [0.05, 0.1) is 15.7 Å². The lowest BCUT2D eigenvalue weighted by molar-refractivity contribution is -0.123. The van der Waals surface area contributed by atoms with Crippen LogP contribution in [0.3, 0.4) is 0 Å². The van der Waals surface area contributed by atoms with Gasteiger partial charge in [-0.25, -0.2) is 14.3 Å². The van der Waals surface area contributed by atoms with E-state index in [1.54, 1.807) is 29.1 Å². The fourth-order valence-electron chi connectivity index (χ4n) is 3.38. The smallest absolute Gasteiger partial charge is 0.260 e. The number of fused-ring (bicyclic) bond motifs is 1. The van der Waals surface area contributed by atoms with Gasteiger partial charge in [-0.15, -0.1) is 0 Å². The van der Waals surface area contributed by atoms with Crippen LogP contribution in [0.4, 0.5) is 21.7 Å². The van der Waals surface area contributed by atoms with Crippen LogP contribution in [0, 0.1) is 5.82 Å². The molecule has 4 rings (SSSR count). The van der Waals surface area contributed by atoms with Crippen molar-refractivity contribution < 1.29 is 9.18 Å². The van der Waals surface area contributed by atoms with E-state index in [2.05, 4.69) is 4.98 Å². The molecule has 0 saturated heterocycles. The molecule has 1 aromatic heterocycles. The van der Waals surface area contributed by atoms with Crippen LogP contribution in [0.25, 0.3) is 0 Å². The molecule has 2 aromatic carbocycles. The van der Waals surface area contributed by atoms with E-state index >= 15 is 0 Å². The minimum Gasteiger partial charge on any atom is -0.399 e. The highest BCUT2D eigenvalue weighted by Gasteiger charge is 2.48. The van der Waals surface area contributed by atoms with Gasteiger partial charge < -0.3 is 10.3 Å². The molecule has 8 heteroatoms. The van der Waals surface area contributed by atoms with Crippen molar-refractivity contribution >= 4 is 46.4 Å². The first kappa shape index (κ1) is 17.8. The number of hydrogen-bond acceptors (Lipinski definition) is 3. The number of nitrogen functional groups attached to an aromatic ring is 1. The highest BCUT2D eigenvalue weighted by Crippen LogP contribution is 2.42. The van der Waals surface area contributed by atoms with Crippen molar-refractivity contribution in [3.8, 4) is 0 Å². The molecule has 0 saturated carbocycles. The fraction of sp³-hybridized carbons (Fsp3) is 0.158. The van der Waals surface area contributed by atoms with E-state index in [9.17, 15) is 9.18 Å². The average Bonchev–Trinajstić information content (AvgIpc) is 3.18. The fourth-order valence-corrected chi connectivity index (χ4v) is 3.85. The lowest BCUT2D eigenvalue weighted by atomic mass is 9.92. The van der Waals surface area contributed by atoms with Crippen LogP contribution in [-0.4, -0.2) is 15.5 Å². The van der Waals surface area contributed by atoms with Crippen LogP contribution in [0.5, 0.6) is 0 Å². The quantitative estimate of drug-likeness (QED) is 0.514. The van der Waals surface area contributed by atoms with Crippen molar-refractivity contribution in [1.82, 2.24) is 9.55 Å². The molecule has 1 amide bonds. The van der Waals surface area contributed by atoms with Crippen molar-refractivity contribution in [2.75, 3.05) is 10.6 Å². The second-order valence-electron chi connectivity index (χ2n) is 6.65. The zero-order valence-corrected chi connectivity index (χ0v) is 15.8. The molecule has 138 valence electrons. The van der Waals surface area contributed by atoms with E-state index < -0.39 is 11.4 Å². The lowest BCUT2D eigenvalue weighted by Crippen LogP contribution is -2.40. The van der Waals surface area contributed by atoms with Gasteiger partial charge >= 0.3 is 0 Å². The Labute approximate surface area is 165 Å². The van der Waals surface area contributed by atoms with Crippen molar-refractivity contribution in [1.29, 1.82) is 0 Å². The summed E-state index contributed by atoms with van der Waals surface area (Å²) in [5.74, 6) is -0.500. The number of anilines is 3. The van der Waals surface area contributed by atoms with E-state index in [0.29, 0.717) is 23.7 Å². The first-order valence-electron chi connectivity index (χ1n) is 8.18. The molecule has 3 aromatic rings. The Morgan fingerprint density at radius 2 is 1.81 bits per heavy atom. The number of nitrogens with zero attached hydrogens (tertiary/aromatic N) is 3. The zero-order valence-electron chi connectivity index (χ0n) is 14.3. The van der Waals surface area contributed by atoms with Gasteiger partial charge in [0.1, 0.15) is 5.54 Å². The maximum absolute atomic E-state index is 13.8. The third-order valence-corrected chi connectivity index (χ3v) is 5.32. The summed E-state index contributed by atoms with van der Waals surface area (Å²) in [6, 6.07) is 10.1. The van der Waals surface area contributed by atoms with Crippen LogP contribution in [-0.2, 0) is 16.8 Å². The summed E-state index contributed by atoms with van der Waals surface area (Å²) in [5.41, 5.74) is 6.82. The summed E-state index contributed by atoms with van der Waals surface area (Å²) in [6.45, 7) is 1.84. The molecule has 0 fully saturated rings. The summed E-state index contributed by atoms with van der Waals surface area (Å²) in [4.78, 5) is 19.1. The lowest BCUT2D eigenvalue weighted by Gasteiger charge is -2.25. The molecule has 2 heterocycles. The van der Waals surface area contributed by atoms with Crippen molar-refractivity contribution in [2.24, 2.45) is 0 Å². The van der Waals surface area contributed by atoms with Gasteiger partial charge in [-0.05, 0) is 36.8 Å². The number of imidazole rings is 1. The molecule has 1 aliphatic heterocycles. The Morgan fingerprint density at radius 3 is 2.44 bits per heavy atom. The van der Waals surface area contributed by atoms with E-state index in [1.165, 1.54) is 17.0 Å². The molecule has 0 radical (unpaired) electrons. The molecule has 0 aliphatic carbocycles. The summed E-state index contributed by atoms with van der Waals surface area (Å²) in [5, 5.41) is -0.314. The van der Waals surface area contributed by atoms with E-state index in [-0.39, 0.29) is 16.0 Å². The molecule has 1 atom stereocenters. The first-order valence-corrected chi connectivity index (χ1v) is 8.94. The van der Waals surface area contributed by atoms with Gasteiger partial charge in [-0.3, -0.25) is 4.79 Å². The number of carbonyl (C=O) groups excluding carboxylic acids is 1. The van der Waals surface area contributed by atoms with E-state index in [1.807, 2.05) is 19.1 Å². The highest BCUT2D eigenvalue weighted by atomic mass is 35.5. The molecular weight excluding hydrogens is 390 g/mol. The number of hydrogen-bond donors (Lipinski definition) is 1. The molecule has 0 spiro atoms. The first-order chi connectivity index (χ1) is 12.8. The predicted molar refractivity (Wildman–Crippen MR) is 104 cm³/mol. The number of aromatic nitrogens is 2. The zero-order chi connectivity index (χ0) is 19.3. The van der Waals surface area contributed by atoms with Crippen LogP contribution >= 0.6 is 23.2 Å². The van der Waals surface area contributed by atoms with Gasteiger partial charge in [0.15, 0.2) is 5.82 Å². The number of nitrogens with two attached hydrogens (primary N) is 1. The summed E-state index contributed by atoms with van der Waals surface area (Å²) >= 11 is 11.9. The summed E-state index contributed by atoms with van der Waals surface area (Å²) in [7, 11) is 0. The number of carbonyl (C=O) groups is 1. The number of benzene rings is 2. The van der Waals surface area contributed by atoms with Crippen LogP contribution < -0.4 is 10.6 Å². The topological polar surface area (TPSA) is 64.2 Å². The predicted octanol–water partition coefficient (Wildman–Crippen LogP) is 4.55. The SMILES string of the molecule is C[C@@]1(Cc2ccc(N)cc2)C(=O)N(c2cc(Cl)c(F)c(Cl)c2)c2nccn21. The standard InChI is InChI=1S/C19H15Cl2FN4O/c1-19(10-11-2-4-12(23)5-3-11)17(27)26(18-24-6-7-25(18)19)13-8-14(20)16(22)15(21)9-13/h2-9H,10,23H2,1H3/t19-/m1/s1. The van der Waals surface area contributed by atoms with Gasteiger partial charge in [-0.1, -0.05) is 35.3 Å². The maximum atomic E-state index is 13.8. The maximum Gasteiger partial charge on any atom is 0.260 e. The Morgan fingerprint density at radius 1 is 1.19 bits per heavy atom. The number of halogens is 3. The number of rotatable bonds is 3. The highest BCUT2D eigenvalue weighted by molar-refractivity contribution is 6.35. The molecule has 2 N–H and O–H groups in total. The number of amides is 1. The van der Waals surface area contributed by atoms with Crippen LogP contribution in [0.1, 0.15) is 12.5 Å². The average molecular weight is 405 g/mol. The van der Waals surface area contributed by atoms with Gasteiger partial charge in [-0.2, -0.15) is 0 Å². The van der Waals surface area contributed by atoms with Crippen LogP contribution in [0.2, 0.25) is 10.0 Å². The summed E-state index contributed by atoms with van der Waals surface area (Å²) in [6.07, 6.45) is 3.80. The van der Waals surface area contributed by atoms with E-state index in [0.717, 1.165) is 5.56 Å². The second-order valence-corrected chi connectivity index (χ2v) is 7.47. The second kappa shape index (κ2) is 6.25. The molecule has 27 heavy (non-hydrogen) atoms. The summed E-state index contributed by atoms with van der Waals surface area (Å²) < 4.78 is 15.6. The van der Waals surface area contributed by atoms with E-state index in [4.69, 9.17) is 28.9 Å². The molecular formula is C19H15Cl2FN4O. The Hall–Kier alpha value is -2.57. The minimum absolute atomic E-state index is 0.157. The third kappa shape index (κ3) is 2.76. The molecule has 0 bridgehead atoms. The van der Waals surface area contributed by atoms with Crippen molar-refractivity contribution in [3.05, 3.63) is 70.2 Å². The van der Waals surface area contributed by atoms with Gasteiger partial charge in [0.25, 0.3) is 5.91 Å². The molecule has 0 unspecified atom stereocenters. The van der Waals surface area contributed by atoms with Crippen molar-refractivity contribution in [3.63, 3.8) is 0 Å². The Bertz CT molecular complexity index is 1030. The third-order valence-electron chi connectivity index (χ3n) is 4.77. The Kier molecular flexibility index (Phi) is 4.13. The largest absolute Gasteiger partial charge is 0.399 e. The van der Waals surface area contributed by atoms with Crippen molar-refractivity contribution in [2.45, 2.75) is 18.9 Å². The van der Waals surface area contributed by atoms with Gasteiger partial charge in [0, 0.05) is 24.5 Å². The molecule has 1 aliphatic rings. The normalized spacial score (nSPS) is 18.8. The monoisotopic (exact) mass is 404 g/mol. The minimum atomic E-state index is -0.907. The van der Waals surface area contributed by atoms with Gasteiger partial charge in [0.2, 0.25) is 5.95 Å². The Balaban J connectivity index is 1.79.